The molecule has 7 heteroatoms. The van der Waals surface area contributed by atoms with Gasteiger partial charge in [-0.25, -0.2) is 9.18 Å². The third-order valence-electron chi connectivity index (χ3n) is 4.90. The molecule has 26 heavy (non-hydrogen) atoms. The van der Waals surface area contributed by atoms with Crippen LogP contribution in [0.1, 0.15) is 12.8 Å². The molecule has 2 aliphatic rings. The summed E-state index contributed by atoms with van der Waals surface area (Å²) in [7, 11) is 0. The van der Waals surface area contributed by atoms with Gasteiger partial charge in [0.1, 0.15) is 11.6 Å². The van der Waals surface area contributed by atoms with Crippen molar-refractivity contribution in [3.8, 4) is 5.75 Å². The number of carbonyl (C=O) groups is 1. The summed E-state index contributed by atoms with van der Waals surface area (Å²) in [4.78, 5) is 16.6. The molecule has 3 rings (SSSR count). The number of halogens is 1. The zero-order chi connectivity index (χ0) is 18.2. The number of hydrogen-bond donors (Lipinski definition) is 1. The van der Waals surface area contributed by atoms with Crippen molar-refractivity contribution >= 4 is 6.03 Å². The molecular formula is C19H28FN3O3. The summed E-state index contributed by atoms with van der Waals surface area (Å²) in [6.45, 7) is 6.87. The van der Waals surface area contributed by atoms with E-state index in [1.807, 2.05) is 4.90 Å². The van der Waals surface area contributed by atoms with Gasteiger partial charge in [-0.1, -0.05) is 6.07 Å². The van der Waals surface area contributed by atoms with Crippen LogP contribution >= 0.6 is 0 Å². The van der Waals surface area contributed by atoms with Crippen molar-refractivity contribution in [1.29, 1.82) is 0 Å². The summed E-state index contributed by atoms with van der Waals surface area (Å²) >= 11 is 0. The molecule has 2 amide bonds. The number of nitrogens with one attached hydrogen (secondary N) is 1. The highest BCUT2D eigenvalue weighted by molar-refractivity contribution is 5.74. The fourth-order valence-corrected chi connectivity index (χ4v) is 3.41. The number of hydrogen-bond acceptors (Lipinski definition) is 4. The zero-order valence-electron chi connectivity index (χ0n) is 15.2. The number of benzene rings is 1. The van der Waals surface area contributed by atoms with E-state index in [0.29, 0.717) is 25.4 Å². The molecule has 2 heterocycles. The predicted molar refractivity (Wildman–Crippen MR) is 96.8 cm³/mol. The highest BCUT2D eigenvalue weighted by atomic mass is 19.1. The summed E-state index contributed by atoms with van der Waals surface area (Å²) in [5.41, 5.74) is 0. The average Bonchev–Trinajstić information content (AvgIpc) is 2.67. The number of piperidine rings is 1. The Balaban J connectivity index is 1.37. The number of ether oxygens (including phenoxy) is 2. The van der Waals surface area contributed by atoms with Gasteiger partial charge in [-0.05, 0) is 25.0 Å². The van der Waals surface area contributed by atoms with E-state index in [0.717, 1.165) is 52.2 Å². The van der Waals surface area contributed by atoms with Crippen LogP contribution in [0.5, 0.6) is 5.75 Å². The molecule has 1 unspecified atom stereocenters. The second kappa shape index (κ2) is 9.73. The summed E-state index contributed by atoms with van der Waals surface area (Å²) in [6.07, 6.45) is 1.99. The molecule has 0 radical (unpaired) electrons. The molecule has 1 atom stereocenters. The molecule has 0 saturated carbocycles. The van der Waals surface area contributed by atoms with Crippen LogP contribution in [-0.4, -0.2) is 74.9 Å². The normalized spacial score (nSPS) is 21.4. The Morgan fingerprint density at radius 2 is 2.15 bits per heavy atom. The van der Waals surface area contributed by atoms with E-state index in [2.05, 4.69) is 10.2 Å². The molecule has 0 aromatic heterocycles. The van der Waals surface area contributed by atoms with E-state index < -0.39 is 0 Å². The molecule has 2 aliphatic heterocycles. The molecule has 1 aromatic rings. The molecule has 0 bridgehead atoms. The van der Waals surface area contributed by atoms with Crippen LogP contribution in [0.3, 0.4) is 0 Å². The Hall–Kier alpha value is -1.86. The Bertz CT molecular complexity index is 581. The minimum Gasteiger partial charge on any atom is -0.493 e. The predicted octanol–water partition coefficient (Wildman–Crippen LogP) is 1.96. The zero-order valence-corrected chi connectivity index (χ0v) is 15.2. The van der Waals surface area contributed by atoms with Gasteiger partial charge in [0.05, 0.1) is 19.8 Å². The van der Waals surface area contributed by atoms with Gasteiger partial charge in [0.25, 0.3) is 0 Å². The fraction of sp³-hybridized carbons (Fsp3) is 0.632. The second-order valence-corrected chi connectivity index (χ2v) is 6.91. The SMILES string of the molecule is O=C(NCCN1CCOCC1)N1CCCC(COc2cccc(F)c2)C1. The lowest BCUT2D eigenvalue weighted by Crippen LogP contribution is -2.48. The van der Waals surface area contributed by atoms with Gasteiger partial charge >= 0.3 is 6.03 Å². The molecule has 0 aliphatic carbocycles. The van der Waals surface area contributed by atoms with E-state index in [9.17, 15) is 9.18 Å². The number of likely N-dealkylation sites (tertiary alicyclic amines) is 1. The summed E-state index contributed by atoms with van der Waals surface area (Å²) in [5, 5.41) is 3.02. The fourth-order valence-electron chi connectivity index (χ4n) is 3.41. The first-order chi connectivity index (χ1) is 12.7. The lowest BCUT2D eigenvalue weighted by molar-refractivity contribution is 0.0385. The third kappa shape index (κ3) is 5.85. The monoisotopic (exact) mass is 365 g/mol. The maximum Gasteiger partial charge on any atom is 0.317 e. The Morgan fingerprint density at radius 3 is 2.96 bits per heavy atom. The van der Waals surface area contributed by atoms with Gasteiger partial charge in [-0.15, -0.1) is 0 Å². The Kier molecular flexibility index (Phi) is 7.08. The van der Waals surface area contributed by atoms with Crippen LogP contribution in [0, 0.1) is 11.7 Å². The van der Waals surface area contributed by atoms with Crippen molar-refractivity contribution in [3.05, 3.63) is 30.1 Å². The van der Waals surface area contributed by atoms with Gasteiger partial charge in [-0.2, -0.15) is 0 Å². The summed E-state index contributed by atoms with van der Waals surface area (Å²) < 4.78 is 24.2. The molecule has 2 fully saturated rings. The van der Waals surface area contributed by atoms with Gasteiger partial charge in [-0.3, -0.25) is 4.90 Å². The van der Waals surface area contributed by atoms with E-state index in [1.165, 1.54) is 12.1 Å². The lowest BCUT2D eigenvalue weighted by atomic mass is 9.99. The van der Waals surface area contributed by atoms with Gasteiger partial charge in [0.2, 0.25) is 0 Å². The number of carbonyl (C=O) groups excluding carboxylic acids is 1. The lowest BCUT2D eigenvalue weighted by Gasteiger charge is -2.33. The smallest absolute Gasteiger partial charge is 0.317 e. The van der Waals surface area contributed by atoms with Crippen LogP contribution < -0.4 is 10.1 Å². The Morgan fingerprint density at radius 1 is 1.31 bits per heavy atom. The van der Waals surface area contributed by atoms with Crippen LogP contribution in [0.4, 0.5) is 9.18 Å². The van der Waals surface area contributed by atoms with Crippen LogP contribution in [0.15, 0.2) is 24.3 Å². The quantitative estimate of drug-likeness (QED) is 0.837. The van der Waals surface area contributed by atoms with Gasteiger partial charge in [0.15, 0.2) is 0 Å². The average molecular weight is 365 g/mol. The first-order valence-corrected chi connectivity index (χ1v) is 9.42. The van der Waals surface area contributed by atoms with Crippen molar-refractivity contribution < 1.29 is 18.7 Å². The molecule has 144 valence electrons. The van der Waals surface area contributed by atoms with Crippen molar-refractivity contribution in [2.75, 3.05) is 59.1 Å². The molecule has 1 N–H and O–H groups in total. The summed E-state index contributed by atoms with van der Waals surface area (Å²) in [6, 6.07) is 6.17. The topological polar surface area (TPSA) is 54.0 Å². The standard InChI is InChI=1S/C19H28FN3O3/c20-17-4-1-5-18(13-17)26-15-16-3-2-7-23(14-16)19(24)21-6-8-22-9-11-25-12-10-22/h1,4-5,13,16H,2-3,6-12,14-15H2,(H,21,24). The largest absolute Gasteiger partial charge is 0.493 e. The molecule has 2 saturated heterocycles. The van der Waals surface area contributed by atoms with E-state index in [1.54, 1.807) is 12.1 Å². The maximum atomic E-state index is 13.2. The number of nitrogens with zero attached hydrogens (tertiary/aromatic N) is 2. The van der Waals surface area contributed by atoms with E-state index >= 15 is 0 Å². The van der Waals surface area contributed by atoms with E-state index in [-0.39, 0.29) is 17.8 Å². The summed E-state index contributed by atoms with van der Waals surface area (Å²) in [5.74, 6) is 0.515. The maximum absolute atomic E-state index is 13.2. The Labute approximate surface area is 154 Å². The van der Waals surface area contributed by atoms with Crippen molar-refractivity contribution in [1.82, 2.24) is 15.1 Å². The highest BCUT2D eigenvalue weighted by Gasteiger charge is 2.24. The van der Waals surface area contributed by atoms with Crippen LogP contribution in [0.25, 0.3) is 0 Å². The first kappa shape index (κ1) is 18.9. The minimum absolute atomic E-state index is 0.00582. The number of rotatable bonds is 6. The van der Waals surface area contributed by atoms with Crippen LogP contribution in [-0.2, 0) is 4.74 Å². The molecule has 1 aromatic carbocycles. The van der Waals surface area contributed by atoms with Crippen molar-refractivity contribution in [2.24, 2.45) is 5.92 Å². The number of urea groups is 1. The van der Waals surface area contributed by atoms with Crippen molar-refractivity contribution in [3.63, 3.8) is 0 Å². The van der Waals surface area contributed by atoms with Crippen LogP contribution in [0.2, 0.25) is 0 Å². The van der Waals surface area contributed by atoms with Crippen molar-refractivity contribution in [2.45, 2.75) is 12.8 Å². The molecular weight excluding hydrogens is 337 g/mol. The number of morpholine rings is 1. The first-order valence-electron chi connectivity index (χ1n) is 9.42. The minimum atomic E-state index is -0.299. The highest BCUT2D eigenvalue weighted by Crippen LogP contribution is 2.19. The van der Waals surface area contributed by atoms with Gasteiger partial charge < -0.3 is 19.7 Å². The third-order valence-corrected chi connectivity index (χ3v) is 4.90. The molecule has 0 spiro atoms. The second-order valence-electron chi connectivity index (χ2n) is 6.91. The van der Waals surface area contributed by atoms with Gasteiger partial charge in [0, 0.05) is 51.3 Å². The molecule has 6 nitrogen and oxygen atoms in total. The van der Waals surface area contributed by atoms with E-state index in [4.69, 9.17) is 9.47 Å². The number of amides is 2.